The van der Waals surface area contributed by atoms with Gasteiger partial charge in [-0.3, -0.25) is 0 Å². The first-order valence-electron chi connectivity index (χ1n) is 7.52. The van der Waals surface area contributed by atoms with Gasteiger partial charge in [-0.25, -0.2) is 13.1 Å². The zero-order valence-corrected chi connectivity index (χ0v) is 13.9. The first-order valence-corrected chi connectivity index (χ1v) is 9.00. The molecule has 24 heavy (non-hydrogen) atoms. The van der Waals surface area contributed by atoms with Crippen LogP contribution in [0.4, 0.5) is 0 Å². The Labute approximate surface area is 141 Å². The van der Waals surface area contributed by atoms with Crippen LogP contribution in [0.5, 0.6) is 0 Å². The summed E-state index contributed by atoms with van der Waals surface area (Å²) in [6, 6.07) is 21.3. The van der Waals surface area contributed by atoms with Crippen molar-refractivity contribution in [2.45, 2.75) is 17.9 Å². The number of nitrogens with zero attached hydrogens (tertiary/aromatic N) is 1. The van der Waals surface area contributed by atoms with Crippen molar-refractivity contribution < 1.29 is 8.42 Å². The summed E-state index contributed by atoms with van der Waals surface area (Å²) in [4.78, 5) is -0.000383. The molecule has 4 nitrogen and oxygen atoms in total. The second-order valence-corrected chi connectivity index (χ2v) is 7.20. The molecule has 0 radical (unpaired) electrons. The van der Waals surface area contributed by atoms with E-state index in [4.69, 9.17) is 5.26 Å². The molecule has 120 valence electrons. The number of sulfonamides is 1. The molecule has 0 fully saturated rings. The predicted octanol–water partition coefficient (Wildman–Crippen LogP) is 3.75. The molecule has 1 N–H and O–H groups in total. The fourth-order valence-electron chi connectivity index (χ4n) is 2.78. The fraction of sp³-hybridized carbons (Fsp3) is 0.105. The molecular weight excluding hydrogens is 320 g/mol. The minimum absolute atomic E-state index is 0.000383. The fourth-order valence-corrected chi connectivity index (χ4v) is 4.16. The highest BCUT2D eigenvalue weighted by atomic mass is 32.2. The highest BCUT2D eigenvalue weighted by Crippen LogP contribution is 2.26. The number of hydrogen-bond acceptors (Lipinski definition) is 3. The maximum absolute atomic E-state index is 12.7. The zero-order chi connectivity index (χ0) is 17.2. The molecule has 1 atom stereocenters. The Hall–Kier alpha value is -2.68. The molecule has 0 aromatic heterocycles. The summed E-state index contributed by atoms with van der Waals surface area (Å²) in [7, 11) is -3.79. The van der Waals surface area contributed by atoms with Crippen LogP contribution in [-0.2, 0) is 10.0 Å². The third-order valence-electron chi connectivity index (χ3n) is 3.92. The second-order valence-electron chi connectivity index (χ2n) is 5.52. The number of benzene rings is 3. The topological polar surface area (TPSA) is 70.0 Å². The van der Waals surface area contributed by atoms with Crippen molar-refractivity contribution in [2.24, 2.45) is 0 Å². The van der Waals surface area contributed by atoms with E-state index in [1.54, 1.807) is 19.1 Å². The zero-order valence-electron chi connectivity index (χ0n) is 13.1. The van der Waals surface area contributed by atoms with Gasteiger partial charge in [-0.15, -0.1) is 0 Å². The summed E-state index contributed by atoms with van der Waals surface area (Å²) in [5, 5.41) is 11.2. The summed E-state index contributed by atoms with van der Waals surface area (Å²) < 4.78 is 28.0. The normalized spacial score (nSPS) is 12.7. The minimum Gasteiger partial charge on any atom is -0.207 e. The highest BCUT2D eigenvalue weighted by molar-refractivity contribution is 7.89. The quantitative estimate of drug-likeness (QED) is 0.789. The number of hydrogen-bond donors (Lipinski definition) is 1. The van der Waals surface area contributed by atoms with Crippen LogP contribution in [0.3, 0.4) is 0 Å². The van der Waals surface area contributed by atoms with E-state index in [9.17, 15) is 8.42 Å². The van der Waals surface area contributed by atoms with Crippen molar-refractivity contribution in [3.05, 3.63) is 77.9 Å². The maximum atomic E-state index is 12.7. The summed E-state index contributed by atoms with van der Waals surface area (Å²) in [5.41, 5.74) is 1.03. The third kappa shape index (κ3) is 3.02. The SMILES string of the molecule is C[C@@H](NS(=O)(=O)c1ccccc1C#N)c1cccc2ccccc12. The lowest BCUT2D eigenvalue weighted by Gasteiger charge is -2.17. The third-order valence-corrected chi connectivity index (χ3v) is 5.52. The van der Waals surface area contributed by atoms with Crippen LogP contribution < -0.4 is 4.72 Å². The maximum Gasteiger partial charge on any atom is 0.242 e. The van der Waals surface area contributed by atoms with Crippen LogP contribution >= 0.6 is 0 Å². The largest absolute Gasteiger partial charge is 0.242 e. The first kappa shape index (κ1) is 16.2. The van der Waals surface area contributed by atoms with Gasteiger partial charge in [0.1, 0.15) is 6.07 Å². The Kier molecular flexibility index (Phi) is 4.34. The van der Waals surface area contributed by atoms with Gasteiger partial charge in [0, 0.05) is 6.04 Å². The smallest absolute Gasteiger partial charge is 0.207 e. The molecule has 5 heteroatoms. The Morgan fingerprint density at radius 1 is 0.958 bits per heavy atom. The predicted molar refractivity (Wildman–Crippen MR) is 93.8 cm³/mol. The van der Waals surface area contributed by atoms with E-state index in [0.29, 0.717) is 0 Å². The summed E-state index contributed by atoms with van der Waals surface area (Å²) in [6.07, 6.45) is 0. The number of nitrogens with one attached hydrogen (secondary N) is 1. The van der Waals surface area contributed by atoms with Crippen LogP contribution in [0.2, 0.25) is 0 Å². The molecule has 0 aliphatic carbocycles. The van der Waals surface area contributed by atoms with Crippen molar-refractivity contribution >= 4 is 20.8 Å². The van der Waals surface area contributed by atoms with Gasteiger partial charge < -0.3 is 0 Å². The molecule has 3 aromatic carbocycles. The number of nitriles is 1. The molecule has 0 aliphatic rings. The van der Waals surface area contributed by atoms with Crippen LogP contribution in [0, 0.1) is 11.3 Å². The van der Waals surface area contributed by atoms with Crippen LogP contribution in [0.15, 0.2) is 71.6 Å². The Morgan fingerprint density at radius 2 is 1.62 bits per heavy atom. The summed E-state index contributed by atoms with van der Waals surface area (Å²) >= 11 is 0. The molecule has 0 unspecified atom stereocenters. The second kappa shape index (κ2) is 6.44. The van der Waals surface area contributed by atoms with Crippen LogP contribution in [0.25, 0.3) is 10.8 Å². The average molecular weight is 336 g/mol. The van der Waals surface area contributed by atoms with Crippen LogP contribution in [0.1, 0.15) is 24.1 Å². The van der Waals surface area contributed by atoms with Gasteiger partial charge in [0.15, 0.2) is 0 Å². The molecule has 3 rings (SSSR count). The van der Waals surface area contributed by atoms with Gasteiger partial charge in [-0.2, -0.15) is 5.26 Å². The molecule has 3 aromatic rings. The van der Waals surface area contributed by atoms with E-state index >= 15 is 0 Å². The molecule has 0 saturated heterocycles. The monoisotopic (exact) mass is 336 g/mol. The van der Waals surface area contributed by atoms with Gasteiger partial charge in [0.05, 0.1) is 10.5 Å². The van der Waals surface area contributed by atoms with Gasteiger partial charge in [0.2, 0.25) is 10.0 Å². The van der Waals surface area contributed by atoms with Gasteiger partial charge >= 0.3 is 0 Å². The minimum atomic E-state index is -3.79. The molecule has 0 saturated carbocycles. The van der Waals surface area contributed by atoms with Crippen molar-refractivity contribution in [3.63, 3.8) is 0 Å². The van der Waals surface area contributed by atoms with E-state index < -0.39 is 16.1 Å². The molecule has 0 spiro atoms. The van der Waals surface area contributed by atoms with E-state index in [1.165, 1.54) is 12.1 Å². The molecule has 0 amide bonds. The molecule has 0 bridgehead atoms. The Balaban J connectivity index is 1.99. The molecule has 0 aliphatic heterocycles. The van der Waals surface area contributed by atoms with E-state index in [2.05, 4.69) is 4.72 Å². The lowest BCUT2D eigenvalue weighted by molar-refractivity contribution is 0.567. The van der Waals surface area contributed by atoms with E-state index in [-0.39, 0.29) is 10.5 Å². The van der Waals surface area contributed by atoms with E-state index in [1.807, 2.05) is 48.5 Å². The van der Waals surface area contributed by atoms with Crippen molar-refractivity contribution in [1.82, 2.24) is 4.72 Å². The standard InChI is InChI=1S/C19H16N2O2S/c1-14(17-11-6-9-15-7-2-4-10-18(15)17)21-24(22,23)19-12-5-3-8-16(19)13-20/h2-12,14,21H,1H3/t14-/m1/s1. The van der Waals surface area contributed by atoms with Crippen LogP contribution in [-0.4, -0.2) is 8.42 Å². The molecule has 0 heterocycles. The van der Waals surface area contributed by atoms with Crippen molar-refractivity contribution in [2.75, 3.05) is 0 Å². The van der Waals surface area contributed by atoms with Gasteiger partial charge in [-0.1, -0.05) is 54.6 Å². The Morgan fingerprint density at radius 3 is 2.42 bits per heavy atom. The Bertz CT molecular complexity index is 1030. The average Bonchev–Trinajstić information content (AvgIpc) is 2.60. The van der Waals surface area contributed by atoms with E-state index in [0.717, 1.165) is 16.3 Å². The summed E-state index contributed by atoms with van der Waals surface area (Å²) in [5.74, 6) is 0. The first-order chi connectivity index (χ1) is 11.5. The lowest BCUT2D eigenvalue weighted by Crippen LogP contribution is -2.27. The van der Waals surface area contributed by atoms with Gasteiger partial charge in [0.25, 0.3) is 0 Å². The number of rotatable bonds is 4. The van der Waals surface area contributed by atoms with Gasteiger partial charge in [-0.05, 0) is 35.4 Å². The van der Waals surface area contributed by atoms with Crippen molar-refractivity contribution in [3.8, 4) is 6.07 Å². The highest BCUT2D eigenvalue weighted by Gasteiger charge is 2.22. The summed E-state index contributed by atoms with van der Waals surface area (Å²) in [6.45, 7) is 1.80. The molecular formula is C19H16N2O2S. The lowest BCUT2D eigenvalue weighted by atomic mass is 10.0. The number of fused-ring (bicyclic) bond motifs is 1. The van der Waals surface area contributed by atoms with Crippen molar-refractivity contribution in [1.29, 1.82) is 5.26 Å².